The van der Waals surface area contributed by atoms with Gasteiger partial charge in [0.15, 0.2) is 0 Å². The highest BCUT2D eigenvalue weighted by molar-refractivity contribution is 4.98. The van der Waals surface area contributed by atoms with Crippen molar-refractivity contribution in [3.05, 3.63) is 0 Å². The lowest BCUT2D eigenvalue weighted by Crippen LogP contribution is -2.48. The van der Waals surface area contributed by atoms with Crippen molar-refractivity contribution < 1.29 is 0 Å². The molecule has 1 aliphatic carbocycles. The highest BCUT2D eigenvalue weighted by Crippen LogP contribution is 2.47. The molecule has 21 heavy (non-hydrogen) atoms. The van der Waals surface area contributed by atoms with Crippen LogP contribution in [0.5, 0.6) is 0 Å². The number of nitrogens with zero attached hydrogens (tertiary/aromatic N) is 2. The fraction of sp³-hybridized carbons (Fsp3) is 1.00. The topological polar surface area (TPSA) is 6.48 Å². The van der Waals surface area contributed by atoms with Gasteiger partial charge in [0.2, 0.25) is 0 Å². The van der Waals surface area contributed by atoms with Gasteiger partial charge in [-0.05, 0) is 75.9 Å². The molecule has 3 saturated heterocycles. The van der Waals surface area contributed by atoms with E-state index in [0.29, 0.717) is 0 Å². The zero-order valence-electron chi connectivity index (χ0n) is 14.0. The lowest BCUT2D eigenvalue weighted by atomic mass is 9.70. The van der Waals surface area contributed by atoms with E-state index in [0.717, 1.165) is 29.8 Å². The first kappa shape index (κ1) is 14.5. The summed E-state index contributed by atoms with van der Waals surface area (Å²) in [6.07, 6.45) is 13.7. The van der Waals surface area contributed by atoms with Crippen LogP contribution in [-0.2, 0) is 0 Å². The van der Waals surface area contributed by atoms with Crippen LogP contribution in [0.15, 0.2) is 0 Å². The van der Waals surface area contributed by atoms with Crippen LogP contribution in [0.1, 0.15) is 64.7 Å². The number of piperidine rings is 2. The van der Waals surface area contributed by atoms with Crippen molar-refractivity contribution in [1.29, 1.82) is 0 Å². The van der Waals surface area contributed by atoms with Crippen molar-refractivity contribution in [1.82, 2.24) is 9.80 Å². The quantitative estimate of drug-likeness (QED) is 0.778. The second kappa shape index (κ2) is 6.20. The van der Waals surface area contributed by atoms with Gasteiger partial charge in [0, 0.05) is 18.6 Å². The maximum atomic E-state index is 2.97. The van der Waals surface area contributed by atoms with E-state index in [1.807, 2.05) is 0 Å². The van der Waals surface area contributed by atoms with E-state index in [1.165, 1.54) is 58.3 Å². The Morgan fingerprint density at radius 1 is 0.810 bits per heavy atom. The molecule has 120 valence electrons. The Morgan fingerprint density at radius 3 is 2.00 bits per heavy atom. The van der Waals surface area contributed by atoms with Crippen molar-refractivity contribution in [3.63, 3.8) is 0 Å². The average Bonchev–Trinajstić information content (AvgIpc) is 2.69. The summed E-state index contributed by atoms with van der Waals surface area (Å²) in [6.45, 7) is 7.71. The van der Waals surface area contributed by atoms with E-state index in [1.54, 1.807) is 25.7 Å². The summed E-state index contributed by atoms with van der Waals surface area (Å²) in [6, 6.07) is 1.94. The number of hydrogen-bond acceptors (Lipinski definition) is 2. The Hall–Kier alpha value is -0.0800. The van der Waals surface area contributed by atoms with E-state index in [9.17, 15) is 0 Å². The van der Waals surface area contributed by atoms with Gasteiger partial charge < -0.3 is 4.90 Å². The summed E-state index contributed by atoms with van der Waals surface area (Å²) in [5.41, 5.74) is 0. The summed E-state index contributed by atoms with van der Waals surface area (Å²) in [4.78, 5) is 5.61. The lowest BCUT2D eigenvalue weighted by Gasteiger charge is -2.46. The number of likely N-dealkylation sites (tertiary alicyclic amines) is 1. The predicted molar refractivity (Wildman–Crippen MR) is 88.4 cm³/mol. The summed E-state index contributed by atoms with van der Waals surface area (Å²) in [5, 5.41) is 0. The molecular weight excluding hydrogens is 256 g/mol. The molecule has 2 bridgehead atoms. The fourth-order valence-electron chi connectivity index (χ4n) is 5.69. The van der Waals surface area contributed by atoms with Gasteiger partial charge in [0.25, 0.3) is 0 Å². The molecule has 2 nitrogen and oxygen atoms in total. The zero-order valence-corrected chi connectivity index (χ0v) is 14.0. The smallest absolute Gasteiger partial charge is 0.0102 e. The molecule has 4 rings (SSSR count). The molecule has 0 aromatic rings. The fourth-order valence-corrected chi connectivity index (χ4v) is 5.69. The molecule has 0 aromatic carbocycles. The van der Waals surface area contributed by atoms with Crippen molar-refractivity contribution in [2.24, 2.45) is 17.8 Å². The Balaban J connectivity index is 1.30. The zero-order chi connectivity index (χ0) is 14.2. The van der Waals surface area contributed by atoms with Crippen molar-refractivity contribution >= 4 is 0 Å². The standard InChI is InChI=1S/C19H34N2/c1-2-20-10-8-15(9-11-20)14-21-18-6-7-19(21)13-17(12-18)16-4-3-5-16/h15-19H,2-14H2,1H3. The van der Waals surface area contributed by atoms with E-state index in [4.69, 9.17) is 0 Å². The Bertz CT molecular complexity index is 329. The van der Waals surface area contributed by atoms with E-state index >= 15 is 0 Å². The van der Waals surface area contributed by atoms with Crippen LogP contribution in [0, 0.1) is 17.8 Å². The highest BCUT2D eigenvalue weighted by Gasteiger charge is 2.44. The van der Waals surface area contributed by atoms with Gasteiger partial charge in [0.1, 0.15) is 0 Å². The van der Waals surface area contributed by atoms with Gasteiger partial charge in [-0.1, -0.05) is 26.2 Å². The number of rotatable bonds is 4. The number of fused-ring (bicyclic) bond motifs is 2. The Morgan fingerprint density at radius 2 is 1.48 bits per heavy atom. The minimum atomic E-state index is 0.971. The lowest BCUT2D eigenvalue weighted by molar-refractivity contribution is 0.0352. The second-order valence-corrected chi connectivity index (χ2v) is 8.38. The van der Waals surface area contributed by atoms with E-state index < -0.39 is 0 Å². The molecule has 4 fully saturated rings. The van der Waals surface area contributed by atoms with Crippen LogP contribution in [0.3, 0.4) is 0 Å². The third-order valence-electron chi connectivity index (χ3n) is 7.36. The molecule has 3 heterocycles. The van der Waals surface area contributed by atoms with Crippen molar-refractivity contribution in [3.8, 4) is 0 Å². The van der Waals surface area contributed by atoms with Gasteiger partial charge in [-0.15, -0.1) is 0 Å². The molecule has 0 radical (unpaired) electrons. The first-order valence-electron chi connectivity index (χ1n) is 9.81. The van der Waals surface area contributed by atoms with Crippen molar-refractivity contribution in [2.45, 2.75) is 76.8 Å². The molecular formula is C19H34N2. The Labute approximate surface area is 131 Å². The molecule has 0 amide bonds. The van der Waals surface area contributed by atoms with E-state index in [2.05, 4.69) is 16.7 Å². The number of hydrogen-bond donors (Lipinski definition) is 0. The first-order valence-corrected chi connectivity index (χ1v) is 9.81. The van der Waals surface area contributed by atoms with Crippen LogP contribution in [0.4, 0.5) is 0 Å². The normalized spacial score (nSPS) is 39.6. The molecule has 4 aliphatic rings. The van der Waals surface area contributed by atoms with Gasteiger partial charge in [-0.2, -0.15) is 0 Å². The Kier molecular flexibility index (Phi) is 4.28. The minimum absolute atomic E-state index is 0.971. The molecule has 0 spiro atoms. The van der Waals surface area contributed by atoms with Gasteiger partial charge in [-0.3, -0.25) is 4.90 Å². The van der Waals surface area contributed by atoms with Gasteiger partial charge in [0.05, 0.1) is 0 Å². The van der Waals surface area contributed by atoms with E-state index in [-0.39, 0.29) is 0 Å². The molecule has 2 atom stereocenters. The molecule has 0 aromatic heterocycles. The maximum absolute atomic E-state index is 2.97. The third kappa shape index (κ3) is 2.91. The molecule has 1 saturated carbocycles. The van der Waals surface area contributed by atoms with Crippen LogP contribution in [0.2, 0.25) is 0 Å². The second-order valence-electron chi connectivity index (χ2n) is 8.38. The molecule has 3 aliphatic heterocycles. The maximum Gasteiger partial charge on any atom is 0.0102 e. The van der Waals surface area contributed by atoms with Crippen LogP contribution < -0.4 is 0 Å². The molecule has 0 N–H and O–H groups in total. The summed E-state index contributed by atoms with van der Waals surface area (Å²) < 4.78 is 0. The summed E-state index contributed by atoms with van der Waals surface area (Å²) in [7, 11) is 0. The van der Waals surface area contributed by atoms with Crippen LogP contribution >= 0.6 is 0 Å². The SMILES string of the molecule is CCN1CCC(CN2C3CCC2CC(C2CCC2)C3)CC1. The molecule has 2 heteroatoms. The highest BCUT2D eigenvalue weighted by atomic mass is 15.2. The monoisotopic (exact) mass is 290 g/mol. The molecule has 2 unspecified atom stereocenters. The first-order chi connectivity index (χ1) is 10.3. The van der Waals surface area contributed by atoms with Crippen LogP contribution in [0.25, 0.3) is 0 Å². The van der Waals surface area contributed by atoms with Crippen molar-refractivity contribution in [2.75, 3.05) is 26.2 Å². The van der Waals surface area contributed by atoms with Crippen LogP contribution in [-0.4, -0.2) is 48.1 Å². The summed E-state index contributed by atoms with van der Waals surface area (Å²) in [5.74, 6) is 3.23. The average molecular weight is 290 g/mol. The summed E-state index contributed by atoms with van der Waals surface area (Å²) >= 11 is 0. The van der Waals surface area contributed by atoms with Gasteiger partial charge in [-0.25, -0.2) is 0 Å². The van der Waals surface area contributed by atoms with Gasteiger partial charge >= 0.3 is 0 Å². The third-order valence-corrected chi connectivity index (χ3v) is 7.36. The largest absolute Gasteiger partial charge is 0.304 e. The predicted octanol–water partition coefficient (Wildman–Crippen LogP) is 3.76. The minimum Gasteiger partial charge on any atom is -0.304 e.